The van der Waals surface area contributed by atoms with Crippen molar-refractivity contribution in [2.24, 2.45) is 5.73 Å². The molecule has 0 aliphatic rings. The topological polar surface area (TPSA) is 63.4 Å². The SMILES string of the molecule is CCS(=O)(=O)c1ccccc1N(C)CC(C)N. The molecule has 0 radical (unpaired) electrons. The summed E-state index contributed by atoms with van der Waals surface area (Å²) in [6.45, 7) is 4.17. The number of likely N-dealkylation sites (N-methyl/N-ethyl adjacent to an activating group) is 1. The summed E-state index contributed by atoms with van der Waals surface area (Å²) >= 11 is 0. The van der Waals surface area contributed by atoms with Gasteiger partial charge in [-0.2, -0.15) is 0 Å². The van der Waals surface area contributed by atoms with Crippen LogP contribution in [0.1, 0.15) is 13.8 Å². The number of para-hydroxylation sites is 1. The average Bonchev–Trinajstić information content (AvgIpc) is 2.28. The first-order valence-electron chi connectivity index (χ1n) is 5.67. The highest BCUT2D eigenvalue weighted by Gasteiger charge is 2.18. The van der Waals surface area contributed by atoms with Crippen LogP contribution in [-0.2, 0) is 9.84 Å². The van der Waals surface area contributed by atoms with Crippen LogP contribution in [0.3, 0.4) is 0 Å². The van der Waals surface area contributed by atoms with Crippen LogP contribution < -0.4 is 10.6 Å². The van der Waals surface area contributed by atoms with Gasteiger partial charge in [0.15, 0.2) is 9.84 Å². The Bertz CT molecular complexity index is 469. The predicted molar refractivity (Wildman–Crippen MR) is 71.1 cm³/mol. The molecule has 1 unspecified atom stereocenters. The third-order valence-corrected chi connectivity index (χ3v) is 4.33. The molecule has 0 saturated heterocycles. The molecular formula is C12H20N2O2S. The summed E-state index contributed by atoms with van der Waals surface area (Å²) in [7, 11) is -1.34. The molecule has 0 aliphatic heterocycles. The zero-order valence-corrected chi connectivity index (χ0v) is 11.4. The lowest BCUT2D eigenvalue weighted by molar-refractivity contribution is 0.596. The van der Waals surface area contributed by atoms with Gasteiger partial charge in [0.2, 0.25) is 0 Å². The Kier molecular flexibility index (Phi) is 4.54. The van der Waals surface area contributed by atoms with Crippen molar-refractivity contribution >= 4 is 15.5 Å². The highest BCUT2D eigenvalue weighted by Crippen LogP contribution is 2.24. The van der Waals surface area contributed by atoms with Gasteiger partial charge in [-0.25, -0.2) is 8.42 Å². The normalized spacial score (nSPS) is 13.4. The molecule has 17 heavy (non-hydrogen) atoms. The van der Waals surface area contributed by atoms with Crippen LogP contribution in [0.2, 0.25) is 0 Å². The van der Waals surface area contributed by atoms with Crippen molar-refractivity contribution in [3.8, 4) is 0 Å². The first-order chi connectivity index (χ1) is 7.88. The van der Waals surface area contributed by atoms with Crippen LogP contribution in [0.4, 0.5) is 5.69 Å². The lowest BCUT2D eigenvalue weighted by Gasteiger charge is -2.23. The van der Waals surface area contributed by atoms with Crippen LogP contribution in [-0.4, -0.2) is 33.8 Å². The van der Waals surface area contributed by atoms with Crippen molar-refractivity contribution in [3.63, 3.8) is 0 Å². The fourth-order valence-corrected chi connectivity index (χ4v) is 2.86. The lowest BCUT2D eigenvalue weighted by atomic mass is 10.2. The van der Waals surface area contributed by atoms with Crippen LogP contribution in [0.25, 0.3) is 0 Å². The van der Waals surface area contributed by atoms with Gasteiger partial charge in [0.05, 0.1) is 16.3 Å². The molecule has 0 aliphatic carbocycles. The molecule has 0 fully saturated rings. The van der Waals surface area contributed by atoms with E-state index in [9.17, 15) is 8.42 Å². The fraction of sp³-hybridized carbons (Fsp3) is 0.500. The number of benzene rings is 1. The molecule has 0 spiro atoms. The van der Waals surface area contributed by atoms with E-state index < -0.39 is 9.84 Å². The zero-order chi connectivity index (χ0) is 13.1. The van der Waals surface area contributed by atoms with Crippen molar-refractivity contribution in [2.75, 3.05) is 24.2 Å². The Morgan fingerprint density at radius 3 is 2.47 bits per heavy atom. The summed E-state index contributed by atoms with van der Waals surface area (Å²) in [6.07, 6.45) is 0. The molecule has 1 atom stereocenters. The molecule has 1 rings (SSSR count). The van der Waals surface area contributed by atoms with Gasteiger partial charge in [0, 0.05) is 19.6 Å². The number of nitrogens with two attached hydrogens (primary N) is 1. The minimum atomic E-state index is -3.19. The minimum absolute atomic E-state index is 0.00242. The number of hydrogen-bond acceptors (Lipinski definition) is 4. The Morgan fingerprint density at radius 2 is 1.94 bits per heavy atom. The molecular weight excluding hydrogens is 236 g/mol. The Labute approximate surface area is 103 Å². The first-order valence-corrected chi connectivity index (χ1v) is 7.32. The van der Waals surface area contributed by atoms with Gasteiger partial charge >= 0.3 is 0 Å². The fourth-order valence-electron chi connectivity index (χ4n) is 1.72. The molecule has 2 N–H and O–H groups in total. The lowest BCUT2D eigenvalue weighted by Crippen LogP contribution is -2.33. The number of rotatable bonds is 5. The van der Waals surface area contributed by atoms with Crippen molar-refractivity contribution in [1.82, 2.24) is 0 Å². The molecule has 4 nitrogen and oxygen atoms in total. The monoisotopic (exact) mass is 256 g/mol. The van der Waals surface area contributed by atoms with E-state index in [0.29, 0.717) is 17.1 Å². The van der Waals surface area contributed by atoms with Crippen molar-refractivity contribution in [2.45, 2.75) is 24.8 Å². The smallest absolute Gasteiger partial charge is 0.180 e. The molecule has 5 heteroatoms. The van der Waals surface area contributed by atoms with Gasteiger partial charge in [-0.05, 0) is 19.1 Å². The molecule has 96 valence electrons. The van der Waals surface area contributed by atoms with Crippen molar-refractivity contribution < 1.29 is 8.42 Å². The van der Waals surface area contributed by atoms with Gasteiger partial charge in [-0.3, -0.25) is 0 Å². The van der Waals surface area contributed by atoms with E-state index >= 15 is 0 Å². The summed E-state index contributed by atoms with van der Waals surface area (Å²) in [5, 5.41) is 0. The third kappa shape index (κ3) is 3.44. The third-order valence-electron chi connectivity index (χ3n) is 2.55. The first kappa shape index (κ1) is 14.0. The van der Waals surface area contributed by atoms with Crippen LogP contribution in [0.15, 0.2) is 29.2 Å². The van der Waals surface area contributed by atoms with E-state index in [4.69, 9.17) is 5.73 Å². The van der Waals surface area contributed by atoms with Crippen molar-refractivity contribution in [3.05, 3.63) is 24.3 Å². The van der Waals surface area contributed by atoms with Crippen LogP contribution >= 0.6 is 0 Å². The summed E-state index contributed by atoms with van der Waals surface area (Å²) in [5.74, 6) is 0.107. The maximum absolute atomic E-state index is 12.0. The molecule has 1 aromatic carbocycles. The van der Waals surface area contributed by atoms with E-state index in [1.807, 2.05) is 31.0 Å². The second-order valence-electron chi connectivity index (χ2n) is 4.23. The second-order valence-corrected chi connectivity index (χ2v) is 6.48. The Balaban J connectivity index is 3.17. The van der Waals surface area contributed by atoms with Crippen molar-refractivity contribution in [1.29, 1.82) is 0 Å². The average molecular weight is 256 g/mol. The molecule has 0 saturated carbocycles. The molecule has 0 heterocycles. The minimum Gasteiger partial charge on any atom is -0.372 e. The predicted octanol–water partition coefficient (Wildman–Crippen LogP) is 1.26. The molecule has 0 amide bonds. The van der Waals surface area contributed by atoms with Crippen LogP contribution in [0.5, 0.6) is 0 Å². The number of anilines is 1. The van der Waals surface area contributed by atoms with Gasteiger partial charge in [-0.15, -0.1) is 0 Å². The molecule has 1 aromatic rings. The maximum atomic E-state index is 12.0. The van der Waals surface area contributed by atoms with E-state index in [1.54, 1.807) is 19.1 Å². The number of nitrogens with zero attached hydrogens (tertiary/aromatic N) is 1. The van der Waals surface area contributed by atoms with Gasteiger partial charge in [0.1, 0.15) is 0 Å². The van der Waals surface area contributed by atoms with Gasteiger partial charge < -0.3 is 10.6 Å². The van der Waals surface area contributed by atoms with E-state index in [0.717, 1.165) is 0 Å². The summed E-state index contributed by atoms with van der Waals surface area (Å²) < 4.78 is 23.9. The largest absolute Gasteiger partial charge is 0.372 e. The van der Waals surface area contributed by atoms with Gasteiger partial charge in [-0.1, -0.05) is 19.1 Å². The highest BCUT2D eigenvalue weighted by atomic mass is 32.2. The Morgan fingerprint density at radius 1 is 1.35 bits per heavy atom. The summed E-state index contributed by atoms with van der Waals surface area (Å²) in [5.41, 5.74) is 6.45. The zero-order valence-electron chi connectivity index (χ0n) is 10.6. The maximum Gasteiger partial charge on any atom is 0.180 e. The summed E-state index contributed by atoms with van der Waals surface area (Å²) in [4.78, 5) is 2.26. The highest BCUT2D eigenvalue weighted by molar-refractivity contribution is 7.91. The summed E-state index contributed by atoms with van der Waals surface area (Å²) in [6, 6.07) is 7.03. The second kappa shape index (κ2) is 5.51. The van der Waals surface area contributed by atoms with E-state index in [2.05, 4.69) is 0 Å². The molecule has 0 bridgehead atoms. The Hall–Kier alpha value is -1.07. The molecule has 0 aromatic heterocycles. The quantitative estimate of drug-likeness (QED) is 0.861. The number of sulfone groups is 1. The van der Waals surface area contributed by atoms with Crippen LogP contribution in [0, 0.1) is 0 Å². The standard InChI is InChI=1S/C12H20N2O2S/c1-4-17(15,16)12-8-6-5-7-11(12)14(3)9-10(2)13/h5-8,10H,4,9,13H2,1-3H3. The van der Waals surface area contributed by atoms with Gasteiger partial charge in [0.25, 0.3) is 0 Å². The van der Waals surface area contributed by atoms with E-state index in [1.165, 1.54) is 0 Å². The van der Waals surface area contributed by atoms with E-state index in [-0.39, 0.29) is 11.8 Å². The number of hydrogen-bond donors (Lipinski definition) is 1.